The van der Waals surface area contributed by atoms with Crippen molar-refractivity contribution in [2.24, 2.45) is 0 Å². The molecule has 15 heavy (non-hydrogen) atoms. The number of thiophene rings is 1. The number of hydrogen-bond donors (Lipinski definition) is 0. The van der Waals surface area contributed by atoms with Crippen LogP contribution in [0.2, 0.25) is 4.34 Å². The van der Waals surface area contributed by atoms with Gasteiger partial charge in [-0.05, 0) is 18.6 Å². The minimum atomic E-state index is -3.26. The highest BCUT2D eigenvalue weighted by atomic mass is 35.5. The molecule has 0 atom stereocenters. The van der Waals surface area contributed by atoms with Crippen LogP contribution in [0.4, 0.5) is 0 Å². The van der Waals surface area contributed by atoms with E-state index in [4.69, 9.17) is 11.6 Å². The van der Waals surface area contributed by atoms with Gasteiger partial charge in [-0.15, -0.1) is 11.3 Å². The number of rotatable bonds is 5. The van der Waals surface area contributed by atoms with Crippen molar-refractivity contribution in [2.45, 2.75) is 13.3 Å². The van der Waals surface area contributed by atoms with Gasteiger partial charge in [0.2, 0.25) is 0 Å². The van der Waals surface area contributed by atoms with Crippen molar-refractivity contribution in [3.63, 3.8) is 0 Å². The molecule has 84 valence electrons. The van der Waals surface area contributed by atoms with Crippen LogP contribution in [0, 0.1) is 0 Å². The van der Waals surface area contributed by atoms with Gasteiger partial charge >= 0.3 is 0 Å². The molecule has 0 saturated carbocycles. The van der Waals surface area contributed by atoms with Gasteiger partial charge in [-0.25, -0.2) is 8.42 Å². The molecule has 6 heteroatoms. The predicted octanol–water partition coefficient (Wildman–Crippen LogP) is 2.41. The summed E-state index contributed by atoms with van der Waals surface area (Å²) in [5.41, 5.74) is 0. The van der Waals surface area contributed by atoms with Gasteiger partial charge in [-0.3, -0.25) is 4.79 Å². The molecule has 1 aromatic heterocycles. The Morgan fingerprint density at radius 3 is 2.60 bits per heavy atom. The Hall–Kier alpha value is -0.390. The van der Waals surface area contributed by atoms with Crippen LogP contribution in [-0.4, -0.2) is 25.7 Å². The number of sulfone groups is 1. The first-order chi connectivity index (χ1) is 6.94. The van der Waals surface area contributed by atoms with E-state index >= 15 is 0 Å². The lowest BCUT2D eigenvalue weighted by atomic mass is 10.4. The van der Waals surface area contributed by atoms with E-state index in [9.17, 15) is 13.2 Å². The molecule has 0 spiro atoms. The second kappa shape index (κ2) is 5.09. The van der Waals surface area contributed by atoms with Gasteiger partial charge in [-0.2, -0.15) is 0 Å². The molecule has 0 aliphatic rings. The summed E-state index contributed by atoms with van der Waals surface area (Å²) in [4.78, 5) is 11.9. The van der Waals surface area contributed by atoms with Gasteiger partial charge < -0.3 is 0 Å². The largest absolute Gasteiger partial charge is 0.292 e. The van der Waals surface area contributed by atoms with E-state index in [0.29, 0.717) is 15.6 Å². The highest BCUT2D eigenvalue weighted by Gasteiger charge is 2.18. The minimum absolute atomic E-state index is 0.0534. The van der Waals surface area contributed by atoms with Crippen molar-refractivity contribution >= 4 is 38.6 Å². The smallest absolute Gasteiger partial charge is 0.187 e. The Labute approximate surface area is 98.0 Å². The second-order valence-corrected chi connectivity index (χ2v) is 7.02. The SMILES string of the molecule is CCCS(=O)(=O)CC(=O)c1ccc(Cl)s1. The van der Waals surface area contributed by atoms with Gasteiger partial charge in [0.05, 0.1) is 15.0 Å². The molecule has 0 aromatic carbocycles. The topological polar surface area (TPSA) is 51.2 Å². The van der Waals surface area contributed by atoms with Crippen molar-refractivity contribution in [3.8, 4) is 0 Å². The van der Waals surface area contributed by atoms with Gasteiger partial charge in [0.1, 0.15) is 5.75 Å². The molecule has 1 aromatic rings. The molecule has 1 rings (SSSR count). The van der Waals surface area contributed by atoms with E-state index in [1.54, 1.807) is 19.1 Å². The molecule has 0 aliphatic heterocycles. The summed E-state index contributed by atoms with van der Waals surface area (Å²) >= 11 is 6.76. The van der Waals surface area contributed by atoms with E-state index in [1.807, 2.05) is 0 Å². The molecule has 0 amide bonds. The zero-order valence-corrected chi connectivity index (χ0v) is 10.6. The third-order valence-electron chi connectivity index (χ3n) is 1.71. The normalized spacial score (nSPS) is 11.6. The van der Waals surface area contributed by atoms with Crippen LogP contribution < -0.4 is 0 Å². The third-order valence-corrected chi connectivity index (χ3v) is 4.72. The quantitative estimate of drug-likeness (QED) is 0.769. The van der Waals surface area contributed by atoms with Crippen LogP contribution in [0.3, 0.4) is 0 Å². The van der Waals surface area contributed by atoms with Crippen LogP contribution in [0.1, 0.15) is 23.0 Å². The molecular weight excluding hydrogens is 256 g/mol. The van der Waals surface area contributed by atoms with Gasteiger partial charge in [0, 0.05) is 0 Å². The lowest BCUT2D eigenvalue weighted by Crippen LogP contribution is -2.17. The van der Waals surface area contributed by atoms with E-state index < -0.39 is 15.6 Å². The summed E-state index contributed by atoms with van der Waals surface area (Å²) in [5.74, 6) is -0.740. The minimum Gasteiger partial charge on any atom is -0.292 e. The average molecular weight is 267 g/mol. The van der Waals surface area contributed by atoms with Crippen molar-refractivity contribution < 1.29 is 13.2 Å². The molecule has 0 unspecified atom stereocenters. The summed E-state index contributed by atoms with van der Waals surface area (Å²) in [6, 6.07) is 3.14. The number of carbonyl (C=O) groups is 1. The lowest BCUT2D eigenvalue weighted by molar-refractivity contribution is 0.102. The maximum absolute atomic E-state index is 11.5. The maximum Gasteiger partial charge on any atom is 0.187 e. The standard InChI is InChI=1S/C9H11ClO3S2/c1-2-5-15(12,13)6-7(11)8-3-4-9(10)14-8/h3-4H,2,5-6H2,1H3. The third kappa shape index (κ3) is 3.93. The van der Waals surface area contributed by atoms with Crippen molar-refractivity contribution in [2.75, 3.05) is 11.5 Å². The van der Waals surface area contributed by atoms with E-state index in [-0.39, 0.29) is 11.5 Å². The predicted molar refractivity (Wildman–Crippen MR) is 62.6 cm³/mol. The highest BCUT2D eigenvalue weighted by molar-refractivity contribution is 7.92. The van der Waals surface area contributed by atoms with Crippen LogP contribution >= 0.6 is 22.9 Å². The molecule has 0 saturated heterocycles. The highest BCUT2D eigenvalue weighted by Crippen LogP contribution is 2.22. The maximum atomic E-state index is 11.5. The summed E-state index contributed by atoms with van der Waals surface area (Å²) in [6.07, 6.45) is 0.529. The fourth-order valence-electron chi connectivity index (χ4n) is 1.12. The Morgan fingerprint density at radius 2 is 2.13 bits per heavy atom. The Kier molecular flexibility index (Phi) is 4.31. The first-order valence-corrected chi connectivity index (χ1v) is 7.45. The van der Waals surface area contributed by atoms with Crippen LogP contribution in [0.5, 0.6) is 0 Å². The Bertz CT molecular complexity index is 448. The van der Waals surface area contributed by atoms with Crippen LogP contribution in [0.25, 0.3) is 0 Å². The van der Waals surface area contributed by atoms with Crippen molar-refractivity contribution in [1.82, 2.24) is 0 Å². The molecule has 0 bridgehead atoms. The molecule has 3 nitrogen and oxygen atoms in total. The second-order valence-electron chi connectivity index (χ2n) is 3.12. The fraction of sp³-hybridized carbons (Fsp3) is 0.444. The zero-order chi connectivity index (χ0) is 11.5. The van der Waals surface area contributed by atoms with Gasteiger partial charge in [0.25, 0.3) is 0 Å². The molecule has 0 aliphatic carbocycles. The van der Waals surface area contributed by atoms with E-state index in [0.717, 1.165) is 11.3 Å². The van der Waals surface area contributed by atoms with E-state index in [2.05, 4.69) is 0 Å². The van der Waals surface area contributed by atoms with E-state index in [1.165, 1.54) is 0 Å². The lowest BCUT2D eigenvalue weighted by Gasteiger charge is -1.99. The van der Waals surface area contributed by atoms with Gasteiger partial charge in [-0.1, -0.05) is 18.5 Å². The fourth-order valence-corrected chi connectivity index (χ4v) is 3.51. The monoisotopic (exact) mass is 266 g/mol. The molecule has 0 N–H and O–H groups in total. The summed E-state index contributed by atoms with van der Waals surface area (Å²) in [5, 5.41) is 0. The zero-order valence-electron chi connectivity index (χ0n) is 8.20. The van der Waals surface area contributed by atoms with Crippen molar-refractivity contribution in [1.29, 1.82) is 0 Å². The number of hydrogen-bond acceptors (Lipinski definition) is 4. The molecule has 1 heterocycles. The molecular formula is C9H11ClO3S2. The molecule has 0 fully saturated rings. The van der Waals surface area contributed by atoms with Gasteiger partial charge in [0.15, 0.2) is 15.6 Å². The number of halogens is 1. The number of ketones is 1. The summed E-state index contributed by atoms with van der Waals surface area (Å²) in [6.45, 7) is 1.77. The van der Waals surface area contributed by atoms with Crippen LogP contribution in [0.15, 0.2) is 12.1 Å². The summed E-state index contributed by atoms with van der Waals surface area (Å²) in [7, 11) is -3.26. The molecule has 0 radical (unpaired) electrons. The van der Waals surface area contributed by atoms with Crippen LogP contribution in [-0.2, 0) is 9.84 Å². The first-order valence-electron chi connectivity index (χ1n) is 4.43. The Morgan fingerprint density at radius 1 is 1.47 bits per heavy atom. The van der Waals surface area contributed by atoms with Crippen molar-refractivity contribution in [3.05, 3.63) is 21.3 Å². The number of Topliss-reactive ketones (excluding diaryl/α,β-unsaturated/α-hetero) is 1. The first kappa shape index (κ1) is 12.7. The Balaban J connectivity index is 2.72. The number of carbonyl (C=O) groups excluding carboxylic acids is 1. The summed E-state index contributed by atoms with van der Waals surface area (Å²) < 4.78 is 23.2. The average Bonchev–Trinajstić information content (AvgIpc) is 2.50.